The Morgan fingerprint density at radius 3 is 2.59 bits per heavy atom. The van der Waals surface area contributed by atoms with Crippen LogP contribution >= 0.6 is 11.6 Å². The Bertz CT molecular complexity index is 1060. The molecule has 134 valence electrons. The van der Waals surface area contributed by atoms with Crippen LogP contribution in [0.3, 0.4) is 0 Å². The highest BCUT2D eigenvalue weighted by Gasteiger charge is 2.44. The molecule has 3 nitrogen and oxygen atoms in total. The molecule has 2 N–H and O–H groups in total. The number of anilines is 1. The van der Waals surface area contributed by atoms with E-state index >= 15 is 0 Å². The Kier molecular flexibility index (Phi) is 3.73. The molecule has 0 bridgehead atoms. The third kappa shape index (κ3) is 2.54. The maximum atomic E-state index is 11.8. The third-order valence-corrected chi connectivity index (χ3v) is 6.11. The average Bonchev–Trinajstić information content (AvgIpc) is 3.06. The van der Waals surface area contributed by atoms with E-state index in [2.05, 4.69) is 41.7 Å². The van der Waals surface area contributed by atoms with Gasteiger partial charge in [0.05, 0.1) is 17.3 Å². The van der Waals surface area contributed by atoms with Gasteiger partial charge in [-0.1, -0.05) is 60.1 Å². The molecule has 0 amide bonds. The van der Waals surface area contributed by atoms with Crippen LogP contribution in [0.5, 0.6) is 0 Å². The zero-order valence-electron chi connectivity index (χ0n) is 14.5. The molecule has 1 heterocycles. The van der Waals surface area contributed by atoms with Crippen LogP contribution in [0.1, 0.15) is 44.6 Å². The van der Waals surface area contributed by atoms with Crippen LogP contribution in [0.15, 0.2) is 66.7 Å². The number of halogens is 1. The van der Waals surface area contributed by atoms with E-state index in [-0.39, 0.29) is 12.0 Å². The lowest BCUT2D eigenvalue weighted by atomic mass is 9.75. The first kappa shape index (κ1) is 16.4. The average molecular weight is 376 g/mol. The number of nitrogens with one attached hydrogen (secondary N) is 1. The van der Waals surface area contributed by atoms with Crippen LogP contribution in [-0.4, -0.2) is 11.1 Å². The van der Waals surface area contributed by atoms with Crippen molar-refractivity contribution in [2.45, 2.75) is 18.4 Å². The molecule has 0 fully saturated rings. The van der Waals surface area contributed by atoms with Gasteiger partial charge in [-0.25, -0.2) is 4.79 Å². The summed E-state index contributed by atoms with van der Waals surface area (Å²) in [4.78, 5) is 11.8. The van der Waals surface area contributed by atoms with Gasteiger partial charge in [0.1, 0.15) is 0 Å². The van der Waals surface area contributed by atoms with Gasteiger partial charge in [0, 0.05) is 10.9 Å². The zero-order valence-corrected chi connectivity index (χ0v) is 15.3. The highest BCUT2D eigenvalue weighted by Crippen LogP contribution is 2.54. The normalized spacial score (nSPS) is 22.3. The van der Waals surface area contributed by atoms with Crippen molar-refractivity contribution >= 4 is 23.3 Å². The maximum Gasteiger partial charge on any atom is 0.337 e. The van der Waals surface area contributed by atoms with Crippen molar-refractivity contribution in [1.82, 2.24) is 0 Å². The molecule has 3 aromatic carbocycles. The molecular weight excluding hydrogens is 358 g/mol. The third-order valence-electron chi connectivity index (χ3n) is 5.87. The summed E-state index contributed by atoms with van der Waals surface area (Å²) in [6.45, 7) is 0. The summed E-state index contributed by atoms with van der Waals surface area (Å²) in [5.74, 6) is -0.410. The Morgan fingerprint density at radius 1 is 1.00 bits per heavy atom. The Balaban J connectivity index is 1.73. The Hall–Kier alpha value is -2.78. The van der Waals surface area contributed by atoms with Crippen LogP contribution in [0.25, 0.3) is 0 Å². The number of carboxylic acids is 1. The van der Waals surface area contributed by atoms with E-state index in [4.69, 9.17) is 11.6 Å². The van der Waals surface area contributed by atoms with Crippen LogP contribution in [-0.2, 0) is 6.42 Å². The van der Waals surface area contributed by atoms with Gasteiger partial charge in [-0.3, -0.25) is 0 Å². The summed E-state index contributed by atoms with van der Waals surface area (Å²) in [5, 5.41) is 14.0. The molecule has 1 aliphatic heterocycles. The predicted octanol–water partition coefficient (Wildman–Crippen LogP) is 5.51. The molecule has 0 saturated carbocycles. The van der Waals surface area contributed by atoms with Gasteiger partial charge < -0.3 is 10.4 Å². The number of para-hydroxylation sites is 1. The molecule has 1 aliphatic carbocycles. The minimum atomic E-state index is -0.908. The van der Waals surface area contributed by atoms with E-state index in [1.807, 2.05) is 24.3 Å². The summed E-state index contributed by atoms with van der Waals surface area (Å²) in [6.07, 6.45) is 0.960. The van der Waals surface area contributed by atoms with E-state index in [1.54, 1.807) is 6.07 Å². The molecule has 0 saturated heterocycles. The molecule has 3 aromatic rings. The van der Waals surface area contributed by atoms with Crippen molar-refractivity contribution in [2.75, 3.05) is 5.32 Å². The Labute approximate surface area is 162 Å². The van der Waals surface area contributed by atoms with Crippen LogP contribution < -0.4 is 5.32 Å². The minimum absolute atomic E-state index is 0.00843. The van der Waals surface area contributed by atoms with Crippen molar-refractivity contribution in [1.29, 1.82) is 0 Å². The number of hydrogen-bond acceptors (Lipinski definition) is 2. The van der Waals surface area contributed by atoms with Gasteiger partial charge in [-0.2, -0.15) is 0 Å². The van der Waals surface area contributed by atoms with Gasteiger partial charge in [-0.05, 0) is 52.8 Å². The fraction of sp³-hybridized carbons (Fsp3) is 0.174. The first-order chi connectivity index (χ1) is 13.1. The van der Waals surface area contributed by atoms with Crippen molar-refractivity contribution in [3.63, 3.8) is 0 Å². The molecule has 0 spiro atoms. The molecule has 0 unspecified atom stereocenters. The maximum absolute atomic E-state index is 11.8. The standard InChI is InChI=1S/C23H18ClNO2/c24-15-7-3-6-14(11-15)21-19-12-13-5-1-2-8-16(13)20(19)17-9-4-10-18(23(26)27)22(17)25-21/h1-11,19-21,25H,12H2,(H,26,27)/t19-,20-,21+/m0/s1. The number of carboxylic acid groups (broad SMARTS) is 1. The molecule has 0 aromatic heterocycles. The van der Waals surface area contributed by atoms with Crippen molar-refractivity contribution in [3.8, 4) is 0 Å². The molecule has 3 atom stereocenters. The number of hydrogen-bond donors (Lipinski definition) is 2. The van der Waals surface area contributed by atoms with E-state index in [1.165, 1.54) is 11.1 Å². The number of carbonyl (C=O) groups is 1. The highest BCUT2D eigenvalue weighted by molar-refractivity contribution is 6.30. The molecule has 5 rings (SSSR count). The monoisotopic (exact) mass is 375 g/mol. The fourth-order valence-corrected chi connectivity index (χ4v) is 4.99. The summed E-state index contributed by atoms with van der Waals surface area (Å²) >= 11 is 6.26. The highest BCUT2D eigenvalue weighted by atomic mass is 35.5. The van der Waals surface area contributed by atoms with Crippen molar-refractivity contribution in [2.24, 2.45) is 5.92 Å². The fourth-order valence-electron chi connectivity index (χ4n) is 4.80. The lowest BCUT2D eigenvalue weighted by Gasteiger charge is -2.38. The second kappa shape index (κ2) is 6.14. The molecule has 4 heteroatoms. The number of aromatic carboxylic acids is 1. The smallest absolute Gasteiger partial charge is 0.337 e. The minimum Gasteiger partial charge on any atom is -0.478 e. The summed E-state index contributed by atoms with van der Waals surface area (Å²) in [6, 6.07) is 22.0. The second-order valence-corrected chi connectivity index (χ2v) is 7.73. The quantitative estimate of drug-likeness (QED) is 0.621. The summed E-state index contributed by atoms with van der Waals surface area (Å²) in [5.41, 5.74) is 5.87. The number of fused-ring (bicyclic) bond motifs is 5. The SMILES string of the molecule is O=C(O)c1cccc2c1N[C@H](c1cccc(Cl)c1)[C@H]1Cc3ccccc3[C@@H]21. The summed E-state index contributed by atoms with van der Waals surface area (Å²) < 4.78 is 0. The second-order valence-electron chi connectivity index (χ2n) is 7.30. The van der Waals surface area contributed by atoms with Crippen molar-refractivity contribution in [3.05, 3.63) is 99.6 Å². The van der Waals surface area contributed by atoms with Crippen LogP contribution in [0.2, 0.25) is 5.02 Å². The van der Waals surface area contributed by atoms with Gasteiger partial charge >= 0.3 is 5.97 Å². The van der Waals surface area contributed by atoms with Gasteiger partial charge in [0.15, 0.2) is 0 Å². The first-order valence-electron chi connectivity index (χ1n) is 9.09. The number of benzene rings is 3. The molecule has 2 aliphatic rings. The van der Waals surface area contributed by atoms with E-state index in [0.717, 1.165) is 23.2 Å². The molecular formula is C23H18ClNO2. The number of rotatable bonds is 2. The van der Waals surface area contributed by atoms with Crippen LogP contribution in [0.4, 0.5) is 5.69 Å². The molecule has 27 heavy (non-hydrogen) atoms. The zero-order chi connectivity index (χ0) is 18.5. The largest absolute Gasteiger partial charge is 0.478 e. The van der Waals surface area contributed by atoms with Crippen molar-refractivity contribution < 1.29 is 9.90 Å². The van der Waals surface area contributed by atoms with Gasteiger partial charge in [0.2, 0.25) is 0 Å². The van der Waals surface area contributed by atoms with E-state index in [9.17, 15) is 9.90 Å². The Morgan fingerprint density at radius 2 is 1.78 bits per heavy atom. The van der Waals surface area contributed by atoms with E-state index in [0.29, 0.717) is 16.5 Å². The lowest BCUT2D eigenvalue weighted by molar-refractivity contribution is 0.0697. The first-order valence-corrected chi connectivity index (χ1v) is 9.47. The predicted molar refractivity (Wildman–Crippen MR) is 107 cm³/mol. The lowest BCUT2D eigenvalue weighted by Crippen LogP contribution is -2.31. The summed E-state index contributed by atoms with van der Waals surface area (Å²) in [7, 11) is 0. The van der Waals surface area contributed by atoms with Gasteiger partial charge in [-0.15, -0.1) is 0 Å². The molecule has 0 radical (unpaired) electrons. The van der Waals surface area contributed by atoms with E-state index < -0.39 is 5.97 Å². The topological polar surface area (TPSA) is 49.3 Å². The van der Waals surface area contributed by atoms with Gasteiger partial charge in [0.25, 0.3) is 0 Å². The van der Waals surface area contributed by atoms with Crippen LogP contribution in [0, 0.1) is 5.92 Å².